The lowest BCUT2D eigenvalue weighted by Gasteiger charge is -2.69. The van der Waals surface area contributed by atoms with Crippen LogP contribution in [0.15, 0.2) is 23.8 Å². The molecule has 0 bridgehead atoms. The van der Waals surface area contributed by atoms with Gasteiger partial charge in [0, 0.05) is 18.8 Å². The van der Waals surface area contributed by atoms with Gasteiger partial charge in [-0.05, 0) is 110 Å². The monoisotopic (exact) mass is 482 g/mol. The van der Waals surface area contributed by atoms with Crippen LogP contribution in [0.2, 0.25) is 0 Å². The lowest BCUT2D eigenvalue weighted by molar-refractivity contribution is -0.201. The number of carbonyl (C=O) groups is 2. The maximum Gasteiger partial charge on any atom is 0.302 e. The van der Waals surface area contributed by atoms with E-state index in [0.29, 0.717) is 35.1 Å². The average molecular weight is 483 g/mol. The number of rotatable bonds is 6. The first-order chi connectivity index (χ1) is 16.3. The summed E-state index contributed by atoms with van der Waals surface area (Å²) in [6.07, 6.45) is 13.8. The SMILES string of the molecule is C=C(CC/C=C(\C)COC(C)=O)[C@H]1CC[C@]2(C)[C@@H]1CC[C@@H]1[C@@]3(C)CCC(=O)C(C)(C)[C@@H]3CC[C@]12C. The molecule has 0 amide bonds. The summed E-state index contributed by atoms with van der Waals surface area (Å²) >= 11 is 0. The summed E-state index contributed by atoms with van der Waals surface area (Å²) in [4.78, 5) is 23.9. The normalized spacial score (nSPS) is 42.6. The topological polar surface area (TPSA) is 43.4 Å². The van der Waals surface area contributed by atoms with Gasteiger partial charge in [-0.15, -0.1) is 0 Å². The molecule has 7 atom stereocenters. The van der Waals surface area contributed by atoms with Crippen molar-refractivity contribution in [2.24, 2.45) is 45.3 Å². The summed E-state index contributed by atoms with van der Waals surface area (Å²) in [7, 11) is 0. The summed E-state index contributed by atoms with van der Waals surface area (Å²) in [6, 6.07) is 0. The molecule has 4 aliphatic rings. The lowest BCUT2D eigenvalue weighted by Crippen LogP contribution is -2.63. The zero-order valence-electron chi connectivity index (χ0n) is 23.6. The Kier molecular flexibility index (Phi) is 6.99. The highest BCUT2D eigenvalue weighted by Crippen LogP contribution is 2.75. The summed E-state index contributed by atoms with van der Waals surface area (Å²) < 4.78 is 5.12. The minimum absolute atomic E-state index is 0.167. The van der Waals surface area contributed by atoms with E-state index in [2.05, 4.69) is 47.3 Å². The van der Waals surface area contributed by atoms with Crippen molar-refractivity contribution >= 4 is 11.8 Å². The Balaban J connectivity index is 1.48. The summed E-state index contributed by atoms with van der Waals surface area (Å²) in [6.45, 7) is 20.8. The van der Waals surface area contributed by atoms with Crippen LogP contribution in [-0.2, 0) is 14.3 Å². The zero-order valence-corrected chi connectivity index (χ0v) is 23.6. The largest absolute Gasteiger partial charge is 0.461 e. The van der Waals surface area contributed by atoms with Crippen molar-refractivity contribution < 1.29 is 14.3 Å². The molecule has 196 valence electrons. The van der Waals surface area contributed by atoms with E-state index in [1.54, 1.807) is 0 Å². The van der Waals surface area contributed by atoms with Gasteiger partial charge in [-0.3, -0.25) is 9.59 Å². The van der Waals surface area contributed by atoms with Crippen LogP contribution in [0, 0.1) is 45.3 Å². The first-order valence-electron chi connectivity index (χ1n) is 14.3. The van der Waals surface area contributed by atoms with Crippen molar-refractivity contribution in [2.45, 2.75) is 113 Å². The molecule has 3 heteroatoms. The summed E-state index contributed by atoms with van der Waals surface area (Å²) in [5.41, 5.74) is 3.40. The highest BCUT2D eigenvalue weighted by atomic mass is 16.5. The van der Waals surface area contributed by atoms with Gasteiger partial charge in [-0.2, -0.15) is 0 Å². The van der Waals surface area contributed by atoms with E-state index >= 15 is 0 Å². The highest BCUT2D eigenvalue weighted by molar-refractivity contribution is 5.85. The lowest BCUT2D eigenvalue weighted by atomic mass is 9.35. The maximum absolute atomic E-state index is 12.9. The van der Waals surface area contributed by atoms with Gasteiger partial charge < -0.3 is 4.74 Å². The van der Waals surface area contributed by atoms with Crippen LogP contribution in [0.1, 0.15) is 113 Å². The number of ether oxygens (including phenoxy) is 1. The third-order valence-electron chi connectivity index (χ3n) is 12.1. The molecule has 0 aliphatic heterocycles. The fourth-order valence-electron chi connectivity index (χ4n) is 10.00. The highest BCUT2D eigenvalue weighted by Gasteiger charge is 2.68. The molecule has 0 saturated heterocycles. The molecule has 35 heavy (non-hydrogen) atoms. The molecule has 0 radical (unpaired) electrons. The number of hydrogen-bond acceptors (Lipinski definition) is 3. The first-order valence-corrected chi connectivity index (χ1v) is 14.3. The van der Waals surface area contributed by atoms with Crippen molar-refractivity contribution in [3.05, 3.63) is 23.8 Å². The van der Waals surface area contributed by atoms with Crippen molar-refractivity contribution in [3.63, 3.8) is 0 Å². The number of fused-ring (bicyclic) bond motifs is 5. The van der Waals surface area contributed by atoms with Crippen LogP contribution in [0.25, 0.3) is 0 Å². The molecule has 4 saturated carbocycles. The summed E-state index contributed by atoms with van der Waals surface area (Å²) in [5.74, 6) is 2.90. The van der Waals surface area contributed by atoms with Crippen molar-refractivity contribution in [1.29, 1.82) is 0 Å². The van der Waals surface area contributed by atoms with E-state index in [1.165, 1.54) is 51.0 Å². The van der Waals surface area contributed by atoms with Crippen LogP contribution in [0.4, 0.5) is 0 Å². The molecule has 0 spiro atoms. The van der Waals surface area contributed by atoms with Gasteiger partial charge in [0.25, 0.3) is 0 Å². The van der Waals surface area contributed by atoms with Gasteiger partial charge in [-0.25, -0.2) is 0 Å². The number of ketones is 1. The molecule has 0 aromatic heterocycles. The second kappa shape index (κ2) is 9.18. The molecule has 0 aromatic carbocycles. The molecule has 3 nitrogen and oxygen atoms in total. The molecule has 0 unspecified atom stereocenters. The predicted molar refractivity (Wildman–Crippen MR) is 143 cm³/mol. The van der Waals surface area contributed by atoms with Gasteiger partial charge in [0.2, 0.25) is 0 Å². The van der Waals surface area contributed by atoms with Gasteiger partial charge >= 0.3 is 5.97 Å². The molecular weight excluding hydrogens is 432 g/mol. The Bertz CT molecular complexity index is 912. The van der Waals surface area contributed by atoms with E-state index in [4.69, 9.17) is 4.74 Å². The number of hydrogen-bond donors (Lipinski definition) is 0. The van der Waals surface area contributed by atoms with E-state index in [1.807, 2.05) is 6.92 Å². The van der Waals surface area contributed by atoms with Gasteiger partial charge in [0.15, 0.2) is 0 Å². The Morgan fingerprint density at radius 1 is 0.971 bits per heavy atom. The minimum atomic E-state index is -0.220. The van der Waals surface area contributed by atoms with E-state index in [0.717, 1.165) is 43.1 Å². The molecular formula is C32H50O3. The van der Waals surface area contributed by atoms with Gasteiger partial charge in [0.1, 0.15) is 12.4 Å². The minimum Gasteiger partial charge on any atom is -0.461 e. The Labute approximate surface area is 214 Å². The smallest absolute Gasteiger partial charge is 0.302 e. The number of allylic oxidation sites excluding steroid dienone is 2. The van der Waals surface area contributed by atoms with Gasteiger partial charge in [0.05, 0.1) is 0 Å². The summed E-state index contributed by atoms with van der Waals surface area (Å²) in [5, 5.41) is 0. The van der Waals surface area contributed by atoms with E-state index < -0.39 is 0 Å². The van der Waals surface area contributed by atoms with Crippen LogP contribution >= 0.6 is 0 Å². The fraction of sp³-hybridized carbons (Fsp3) is 0.812. The standard InChI is InChI=1S/C32H50O3/c1-21(20-35-23(3)33)10-9-11-22(2)24-14-18-31(7)25(24)12-13-27-30(6)17-16-28(34)29(4,5)26(30)15-19-32(27,31)8/h10,24-27H,2,9,11-20H2,1,3-8H3/b21-10+/t24-,25-,26+,27-,30+,31-,32-/m1/s1. The molecule has 4 rings (SSSR count). The Hall–Kier alpha value is -1.38. The molecule has 4 fully saturated rings. The van der Waals surface area contributed by atoms with Crippen LogP contribution in [0.3, 0.4) is 0 Å². The van der Waals surface area contributed by atoms with E-state index in [-0.39, 0.29) is 16.8 Å². The fourth-order valence-corrected chi connectivity index (χ4v) is 10.00. The first kappa shape index (κ1) is 26.7. The Morgan fingerprint density at radius 3 is 2.34 bits per heavy atom. The van der Waals surface area contributed by atoms with Crippen molar-refractivity contribution in [1.82, 2.24) is 0 Å². The molecule has 0 N–H and O–H groups in total. The van der Waals surface area contributed by atoms with Crippen LogP contribution in [0.5, 0.6) is 0 Å². The maximum atomic E-state index is 12.9. The van der Waals surface area contributed by atoms with Gasteiger partial charge in [-0.1, -0.05) is 52.8 Å². The molecule has 0 aromatic rings. The van der Waals surface area contributed by atoms with Crippen molar-refractivity contribution in [2.75, 3.05) is 6.61 Å². The number of Topliss-reactive ketones (excluding diaryl/α,β-unsaturated/α-hetero) is 1. The average Bonchev–Trinajstić information content (AvgIpc) is 3.13. The molecule has 0 heterocycles. The number of esters is 1. The second-order valence-corrected chi connectivity index (χ2v) is 14.0. The van der Waals surface area contributed by atoms with Crippen LogP contribution < -0.4 is 0 Å². The molecule has 4 aliphatic carbocycles. The quantitative estimate of drug-likeness (QED) is 0.284. The van der Waals surface area contributed by atoms with Crippen LogP contribution in [-0.4, -0.2) is 18.4 Å². The second-order valence-electron chi connectivity index (χ2n) is 14.0. The van der Waals surface area contributed by atoms with Crippen molar-refractivity contribution in [3.8, 4) is 0 Å². The zero-order chi connectivity index (χ0) is 25.8. The predicted octanol–water partition coefficient (Wildman–Crippen LogP) is 8.09. The third kappa shape index (κ3) is 4.17. The third-order valence-corrected chi connectivity index (χ3v) is 12.1. The Morgan fingerprint density at radius 2 is 1.66 bits per heavy atom. The van der Waals surface area contributed by atoms with E-state index in [9.17, 15) is 9.59 Å². The number of carbonyl (C=O) groups excluding carboxylic acids is 2.